The van der Waals surface area contributed by atoms with Crippen LogP contribution >= 0.6 is 0 Å². The molecule has 0 N–H and O–H groups in total. The summed E-state index contributed by atoms with van der Waals surface area (Å²) in [5, 5.41) is 6.13. The number of hydrazone groups is 1. The van der Waals surface area contributed by atoms with Gasteiger partial charge in [-0.25, -0.2) is 0 Å². The molecule has 2 heteroatoms. The summed E-state index contributed by atoms with van der Waals surface area (Å²) in [6, 6.07) is 0.453. The van der Waals surface area contributed by atoms with E-state index in [2.05, 4.69) is 25.5 Å². The second-order valence-electron chi connectivity index (χ2n) is 2.38. The van der Waals surface area contributed by atoms with Crippen LogP contribution in [0.1, 0.15) is 20.8 Å². The van der Waals surface area contributed by atoms with Crippen LogP contribution in [0.15, 0.2) is 17.8 Å². The molecule has 10 heavy (non-hydrogen) atoms. The molecule has 0 radical (unpaired) electrons. The molecule has 0 aromatic heterocycles. The van der Waals surface area contributed by atoms with Crippen LogP contribution in [0, 0.1) is 0 Å². The summed E-state index contributed by atoms with van der Waals surface area (Å²) in [6.45, 7) is 10.6. The Balaban J connectivity index is 3.84. The smallest absolute Gasteiger partial charge is 0.0541 e. The van der Waals surface area contributed by atoms with Crippen LogP contribution in [0.25, 0.3) is 0 Å². The van der Waals surface area contributed by atoms with E-state index in [1.807, 2.05) is 18.0 Å². The highest BCUT2D eigenvalue weighted by molar-refractivity contribution is 5.52. The lowest BCUT2D eigenvalue weighted by atomic mass is 10.4. The minimum Gasteiger partial charge on any atom is -0.291 e. The predicted molar refractivity (Wildman–Crippen MR) is 46.2 cm³/mol. The van der Waals surface area contributed by atoms with E-state index in [0.29, 0.717) is 6.04 Å². The van der Waals surface area contributed by atoms with Crippen molar-refractivity contribution in [2.75, 3.05) is 6.54 Å². The topological polar surface area (TPSA) is 15.6 Å². The lowest BCUT2D eigenvalue weighted by molar-refractivity contribution is 0.260. The first-order valence-corrected chi connectivity index (χ1v) is 3.58. The van der Waals surface area contributed by atoms with Crippen molar-refractivity contribution in [3.63, 3.8) is 0 Å². The van der Waals surface area contributed by atoms with Gasteiger partial charge in [0.15, 0.2) is 0 Å². The molecule has 0 rings (SSSR count). The van der Waals surface area contributed by atoms with Gasteiger partial charge >= 0.3 is 0 Å². The van der Waals surface area contributed by atoms with Crippen LogP contribution in [0.4, 0.5) is 0 Å². The van der Waals surface area contributed by atoms with Crippen LogP contribution in [0.2, 0.25) is 0 Å². The molecular weight excluding hydrogens is 124 g/mol. The minimum atomic E-state index is 0.453. The maximum atomic E-state index is 4.15. The normalized spacial score (nSPS) is 10.8. The molecule has 0 heterocycles. The van der Waals surface area contributed by atoms with Gasteiger partial charge in [-0.15, -0.1) is 6.58 Å². The highest BCUT2D eigenvalue weighted by atomic mass is 15.5. The number of rotatable bonds is 4. The van der Waals surface area contributed by atoms with Gasteiger partial charge in [0.2, 0.25) is 0 Å². The van der Waals surface area contributed by atoms with Crippen LogP contribution in [0.5, 0.6) is 0 Å². The molecule has 0 atom stereocenters. The fraction of sp³-hybridized carbons (Fsp3) is 0.625. The van der Waals surface area contributed by atoms with Gasteiger partial charge in [-0.2, -0.15) is 5.10 Å². The zero-order valence-electron chi connectivity index (χ0n) is 7.04. The molecule has 0 aliphatic rings. The van der Waals surface area contributed by atoms with Crippen molar-refractivity contribution in [2.45, 2.75) is 26.8 Å². The third-order valence-corrected chi connectivity index (χ3v) is 1.18. The largest absolute Gasteiger partial charge is 0.291 e. The Bertz CT molecular complexity index is 116. The van der Waals surface area contributed by atoms with Crippen molar-refractivity contribution < 1.29 is 0 Å². The van der Waals surface area contributed by atoms with Crippen molar-refractivity contribution in [3.05, 3.63) is 12.7 Å². The van der Waals surface area contributed by atoms with Crippen molar-refractivity contribution in [1.82, 2.24) is 5.01 Å². The molecule has 0 aromatic carbocycles. The van der Waals surface area contributed by atoms with Gasteiger partial charge < -0.3 is 0 Å². The van der Waals surface area contributed by atoms with Crippen LogP contribution in [0.3, 0.4) is 0 Å². The molecule has 0 saturated carbocycles. The fourth-order valence-electron chi connectivity index (χ4n) is 0.672. The Kier molecular flexibility index (Phi) is 4.63. The van der Waals surface area contributed by atoms with Gasteiger partial charge in [0.1, 0.15) is 0 Å². The Labute approximate surface area is 63.2 Å². The Hall–Kier alpha value is -0.790. The van der Waals surface area contributed by atoms with Crippen molar-refractivity contribution in [2.24, 2.45) is 5.10 Å². The quantitative estimate of drug-likeness (QED) is 0.331. The molecule has 0 fully saturated rings. The van der Waals surface area contributed by atoms with Crippen LogP contribution < -0.4 is 0 Å². The van der Waals surface area contributed by atoms with Crippen molar-refractivity contribution in [1.29, 1.82) is 0 Å². The Morgan fingerprint density at radius 1 is 1.60 bits per heavy atom. The van der Waals surface area contributed by atoms with Crippen molar-refractivity contribution in [3.8, 4) is 0 Å². The zero-order valence-corrected chi connectivity index (χ0v) is 7.04. The van der Waals surface area contributed by atoms with E-state index in [-0.39, 0.29) is 0 Å². The third kappa shape index (κ3) is 3.28. The number of hydrogen-bond donors (Lipinski definition) is 0. The number of nitrogens with zero attached hydrogens (tertiary/aromatic N) is 2. The summed E-state index contributed by atoms with van der Waals surface area (Å²) < 4.78 is 0. The first-order chi connectivity index (χ1) is 4.72. The summed E-state index contributed by atoms with van der Waals surface area (Å²) in [5.74, 6) is 0. The molecule has 58 valence electrons. The van der Waals surface area contributed by atoms with Crippen molar-refractivity contribution >= 4 is 6.21 Å². The fourth-order valence-corrected chi connectivity index (χ4v) is 0.672. The summed E-state index contributed by atoms with van der Waals surface area (Å²) >= 11 is 0. The van der Waals surface area contributed by atoms with Gasteiger partial charge in [-0.05, 0) is 20.8 Å². The number of hydrogen-bond acceptors (Lipinski definition) is 2. The Morgan fingerprint density at radius 2 is 2.20 bits per heavy atom. The third-order valence-electron chi connectivity index (χ3n) is 1.18. The minimum absolute atomic E-state index is 0.453. The first-order valence-electron chi connectivity index (χ1n) is 3.58. The van der Waals surface area contributed by atoms with E-state index in [1.165, 1.54) is 0 Å². The lowest BCUT2D eigenvalue weighted by Gasteiger charge is -2.20. The molecule has 0 aliphatic carbocycles. The highest BCUT2D eigenvalue weighted by Crippen LogP contribution is 1.96. The molecule has 0 aliphatic heterocycles. The molecular formula is C8H16N2. The molecule has 0 amide bonds. The monoisotopic (exact) mass is 140 g/mol. The van der Waals surface area contributed by atoms with Gasteiger partial charge in [-0.1, -0.05) is 6.08 Å². The lowest BCUT2D eigenvalue weighted by Crippen LogP contribution is -2.25. The Morgan fingerprint density at radius 3 is 2.50 bits per heavy atom. The average molecular weight is 140 g/mol. The van der Waals surface area contributed by atoms with Gasteiger partial charge in [0.05, 0.1) is 6.54 Å². The van der Waals surface area contributed by atoms with Crippen LogP contribution in [-0.4, -0.2) is 23.8 Å². The van der Waals surface area contributed by atoms with Crippen LogP contribution in [-0.2, 0) is 0 Å². The summed E-state index contributed by atoms with van der Waals surface area (Å²) in [5.41, 5.74) is 0. The van der Waals surface area contributed by atoms with E-state index in [9.17, 15) is 0 Å². The average Bonchev–Trinajstić information content (AvgIpc) is 1.87. The molecule has 0 unspecified atom stereocenters. The standard InChI is InChI=1S/C8H16N2/c1-5-7-10(8(3)4)9-6-2/h5-6,8H,1,7H2,2-4H3. The van der Waals surface area contributed by atoms with E-state index in [4.69, 9.17) is 0 Å². The molecule has 0 bridgehead atoms. The van der Waals surface area contributed by atoms with E-state index < -0.39 is 0 Å². The summed E-state index contributed by atoms with van der Waals surface area (Å²) in [6.07, 6.45) is 3.65. The van der Waals surface area contributed by atoms with Gasteiger partial charge in [0.25, 0.3) is 0 Å². The second-order valence-corrected chi connectivity index (χ2v) is 2.38. The SMILES string of the molecule is C=CCN(N=CC)C(C)C. The maximum absolute atomic E-state index is 4.15. The predicted octanol–water partition coefficient (Wildman–Crippen LogP) is 1.89. The zero-order chi connectivity index (χ0) is 7.98. The van der Waals surface area contributed by atoms with E-state index >= 15 is 0 Å². The molecule has 0 aromatic rings. The summed E-state index contributed by atoms with van der Waals surface area (Å²) in [4.78, 5) is 0. The molecule has 2 nitrogen and oxygen atoms in total. The molecule has 0 saturated heterocycles. The maximum Gasteiger partial charge on any atom is 0.0541 e. The van der Waals surface area contributed by atoms with Gasteiger partial charge in [-0.3, -0.25) is 5.01 Å². The summed E-state index contributed by atoms with van der Waals surface area (Å²) in [7, 11) is 0. The molecule has 0 spiro atoms. The van der Waals surface area contributed by atoms with Gasteiger partial charge in [0, 0.05) is 12.3 Å². The van der Waals surface area contributed by atoms with E-state index in [0.717, 1.165) is 6.54 Å². The highest BCUT2D eigenvalue weighted by Gasteiger charge is 2.00. The first kappa shape index (κ1) is 9.21. The van der Waals surface area contributed by atoms with E-state index in [1.54, 1.807) is 6.21 Å². The second kappa shape index (κ2) is 5.03.